The molecule has 0 aliphatic rings. The van der Waals surface area contributed by atoms with Gasteiger partial charge in [0.2, 0.25) is 11.9 Å². The number of nitrogens with one attached hydrogen (secondary N) is 1. The van der Waals surface area contributed by atoms with Crippen LogP contribution in [0.25, 0.3) is 11.3 Å². The van der Waals surface area contributed by atoms with Gasteiger partial charge < -0.3 is 25.4 Å². The lowest BCUT2D eigenvalue weighted by molar-refractivity contribution is -0.120. The quantitative estimate of drug-likeness (QED) is 0.171. The summed E-state index contributed by atoms with van der Waals surface area (Å²) in [6.07, 6.45) is 0.514. The van der Waals surface area contributed by atoms with Gasteiger partial charge in [0.15, 0.2) is 0 Å². The topological polar surface area (TPSA) is 137 Å². The number of ether oxygens (including phenoxy) is 2. The van der Waals surface area contributed by atoms with Crippen molar-refractivity contribution in [3.63, 3.8) is 0 Å². The summed E-state index contributed by atoms with van der Waals surface area (Å²) in [6, 6.07) is 5.51. The smallest absolute Gasteiger partial charge is 0.410 e. The van der Waals surface area contributed by atoms with Gasteiger partial charge in [0.25, 0.3) is 0 Å². The number of amides is 2. The van der Waals surface area contributed by atoms with Crippen LogP contribution in [-0.4, -0.2) is 69.9 Å². The third-order valence-corrected chi connectivity index (χ3v) is 6.38. The van der Waals surface area contributed by atoms with Crippen molar-refractivity contribution in [1.29, 1.82) is 0 Å². The van der Waals surface area contributed by atoms with E-state index in [2.05, 4.69) is 15.3 Å². The number of nitrogen functional groups attached to an aromatic ring is 1. The van der Waals surface area contributed by atoms with Crippen LogP contribution < -0.4 is 11.1 Å². The molecule has 0 unspecified atom stereocenters. The molecule has 0 bridgehead atoms. The van der Waals surface area contributed by atoms with Gasteiger partial charge in [-0.15, -0.1) is 11.8 Å². The molecule has 2 amide bonds. The van der Waals surface area contributed by atoms with Gasteiger partial charge in [-0.1, -0.05) is 6.07 Å². The molecule has 0 saturated heterocycles. The van der Waals surface area contributed by atoms with E-state index in [1.165, 1.54) is 16.7 Å². The van der Waals surface area contributed by atoms with Gasteiger partial charge in [-0.25, -0.2) is 19.6 Å². The predicted octanol–water partition coefficient (Wildman–Crippen LogP) is 5.15. The highest BCUT2D eigenvalue weighted by atomic mass is 32.2. The lowest BCUT2D eigenvalue weighted by Gasteiger charge is -2.24. The highest BCUT2D eigenvalue weighted by molar-refractivity contribution is 7.99. The summed E-state index contributed by atoms with van der Waals surface area (Å²) in [4.78, 5) is 47.3. The maximum atomic E-state index is 12.8. The van der Waals surface area contributed by atoms with Crippen LogP contribution in [0, 0.1) is 13.8 Å². The Morgan fingerprint density at radius 2 is 1.62 bits per heavy atom. The number of esters is 1. The molecule has 40 heavy (non-hydrogen) atoms. The van der Waals surface area contributed by atoms with Crippen LogP contribution in [0.15, 0.2) is 23.2 Å². The maximum Gasteiger partial charge on any atom is 0.410 e. The Balaban J connectivity index is 1.95. The minimum atomic E-state index is -0.611. The summed E-state index contributed by atoms with van der Waals surface area (Å²) in [5.41, 5.74) is 8.43. The largest absolute Gasteiger partial charge is 0.456 e. The van der Waals surface area contributed by atoms with Gasteiger partial charge in [0.1, 0.15) is 16.2 Å². The number of carbonyl (C=O) groups excluding carboxylic acids is 3. The summed E-state index contributed by atoms with van der Waals surface area (Å²) in [5.74, 6) is 0.115. The Bertz CT molecular complexity index is 1220. The Labute approximate surface area is 241 Å². The van der Waals surface area contributed by atoms with Crippen LogP contribution in [0.3, 0.4) is 0 Å². The number of anilines is 1. The maximum absolute atomic E-state index is 12.8. The van der Waals surface area contributed by atoms with Crippen LogP contribution in [0.2, 0.25) is 0 Å². The van der Waals surface area contributed by atoms with E-state index in [4.69, 9.17) is 15.2 Å². The van der Waals surface area contributed by atoms with Crippen LogP contribution in [0.1, 0.15) is 75.9 Å². The monoisotopic (exact) mass is 573 g/mol. The minimum Gasteiger partial charge on any atom is -0.456 e. The molecule has 0 radical (unpaired) electrons. The molecule has 11 heteroatoms. The second kappa shape index (κ2) is 13.8. The molecule has 1 aromatic heterocycles. The highest BCUT2D eigenvalue weighted by Gasteiger charge is 2.22. The fourth-order valence-electron chi connectivity index (χ4n) is 3.65. The van der Waals surface area contributed by atoms with E-state index >= 15 is 0 Å². The van der Waals surface area contributed by atoms with E-state index in [9.17, 15) is 14.4 Å². The molecular formula is C29H43N5O5S. The second-order valence-corrected chi connectivity index (χ2v) is 12.8. The van der Waals surface area contributed by atoms with Crippen molar-refractivity contribution >= 4 is 35.7 Å². The van der Waals surface area contributed by atoms with Crippen LogP contribution in [0.4, 0.5) is 10.7 Å². The number of hydrogen-bond donors (Lipinski definition) is 2. The first-order valence-electron chi connectivity index (χ1n) is 13.3. The molecule has 0 aliphatic carbocycles. The number of nitrogens with two attached hydrogens (primary N) is 1. The number of nitrogens with zero attached hydrogens (tertiary/aromatic N) is 3. The number of hydrogen-bond acceptors (Lipinski definition) is 9. The van der Waals surface area contributed by atoms with E-state index in [1.54, 1.807) is 13.1 Å². The van der Waals surface area contributed by atoms with Gasteiger partial charge in [0.05, 0.1) is 11.3 Å². The first kappa shape index (κ1) is 32.9. The number of rotatable bonds is 10. The van der Waals surface area contributed by atoms with E-state index in [-0.39, 0.29) is 24.4 Å². The van der Waals surface area contributed by atoms with Crippen LogP contribution in [0.5, 0.6) is 0 Å². The second-order valence-electron chi connectivity index (χ2n) is 11.6. The molecule has 0 aliphatic heterocycles. The van der Waals surface area contributed by atoms with Crippen LogP contribution in [-0.2, 0) is 14.3 Å². The molecule has 2 rings (SSSR count). The number of thioether (sulfide) groups is 1. The third-order valence-electron chi connectivity index (χ3n) is 5.46. The Morgan fingerprint density at radius 1 is 0.975 bits per heavy atom. The summed E-state index contributed by atoms with van der Waals surface area (Å²) in [7, 11) is 1.67. The first-order chi connectivity index (χ1) is 18.4. The molecule has 2 aromatic rings. The van der Waals surface area contributed by atoms with Crippen molar-refractivity contribution in [1.82, 2.24) is 20.2 Å². The molecule has 220 valence electrons. The Kier molecular flexibility index (Phi) is 11.4. The predicted molar refractivity (Wildman–Crippen MR) is 158 cm³/mol. The van der Waals surface area contributed by atoms with Crippen molar-refractivity contribution in [3.8, 4) is 11.3 Å². The van der Waals surface area contributed by atoms with Crippen LogP contribution >= 0.6 is 11.8 Å². The van der Waals surface area contributed by atoms with Gasteiger partial charge in [0, 0.05) is 37.9 Å². The van der Waals surface area contributed by atoms with E-state index < -0.39 is 17.2 Å². The molecule has 0 atom stereocenters. The normalized spacial score (nSPS) is 11.6. The summed E-state index contributed by atoms with van der Waals surface area (Å²) >= 11 is 1.40. The Morgan fingerprint density at radius 3 is 2.25 bits per heavy atom. The molecule has 0 fully saturated rings. The van der Waals surface area contributed by atoms with Gasteiger partial charge in [-0.2, -0.15) is 0 Å². The molecule has 10 nitrogen and oxygen atoms in total. The average Bonchev–Trinajstić information content (AvgIpc) is 2.79. The van der Waals surface area contributed by atoms with Crippen molar-refractivity contribution < 1.29 is 23.9 Å². The fraction of sp³-hybridized carbons (Fsp3) is 0.552. The van der Waals surface area contributed by atoms with Gasteiger partial charge in [-0.05, 0) is 85.1 Å². The Hall–Kier alpha value is -3.34. The van der Waals surface area contributed by atoms with Gasteiger partial charge >= 0.3 is 12.1 Å². The highest BCUT2D eigenvalue weighted by Crippen LogP contribution is 2.29. The summed E-state index contributed by atoms with van der Waals surface area (Å²) < 4.78 is 10.9. The van der Waals surface area contributed by atoms with Crippen molar-refractivity contribution in [3.05, 3.63) is 34.9 Å². The lowest BCUT2D eigenvalue weighted by atomic mass is 9.97. The van der Waals surface area contributed by atoms with E-state index in [0.29, 0.717) is 41.5 Å². The molecule has 0 saturated carbocycles. The van der Waals surface area contributed by atoms with Crippen molar-refractivity contribution in [2.75, 3.05) is 31.6 Å². The first-order valence-corrected chi connectivity index (χ1v) is 14.3. The van der Waals surface area contributed by atoms with Crippen molar-refractivity contribution in [2.45, 2.75) is 84.5 Å². The number of aromatic nitrogens is 2. The zero-order valence-corrected chi connectivity index (χ0v) is 26.0. The fourth-order valence-corrected chi connectivity index (χ4v) is 4.50. The molecule has 0 spiro atoms. The van der Waals surface area contributed by atoms with E-state index in [1.807, 2.05) is 67.5 Å². The van der Waals surface area contributed by atoms with Crippen molar-refractivity contribution in [2.24, 2.45) is 0 Å². The zero-order valence-electron chi connectivity index (χ0n) is 25.1. The molecule has 1 heterocycles. The average molecular weight is 574 g/mol. The summed E-state index contributed by atoms with van der Waals surface area (Å²) in [5, 5.41) is 3.51. The zero-order chi connectivity index (χ0) is 30.3. The SMILES string of the molecule is Cc1cc(C)c(-c2cc(SCCC(=O)NCCCN(C)C(=O)OC(C)(C)C)nc(N)n2)cc1C(=O)OC(C)(C)C. The molecular weight excluding hydrogens is 530 g/mol. The number of carbonyl (C=O) groups is 3. The van der Waals surface area contributed by atoms with Gasteiger partial charge in [-0.3, -0.25) is 4.79 Å². The number of benzene rings is 1. The van der Waals surface area contributed by atoms with E-state index in [0.717, 1.165) is 16.7 Å². The summed E-state index contributed by atoms with van der Waals surface area (Å²) in [6.45, 7) is 15.7. The molecule has 1 aromatic carbocycles. The number of aryl methyl sites for hydroxylation is 2. The lowest BCUT2D eigenvalue weighted by Crippen LogP contribution is -2.36. The molecule has 3 N–H and O–H groups in total. The third kappa shape index (κ3) is 11.0. The standard InChI is InChI=1S/C29H43N5O5S/c1-18-15-19(2)21(25(36)38-28(3,4)5)16-20(18)22-17-24(33-26(30)32-22)40-14-11-23(35)31-12-10-13-34(9)27(37)39-29(6,7)8/h15-17H,10-14H2,1-9H3,(H,31,35)(H2,30,32,33). The minimum absolute atomic E-state index is 0.0916.